The third kappa shape index (κ3) is 1.33. The summed E-state index contributed by atoms with van der Waals surface area (Å²) in [4.78, 5) is 0. The van der Waals surface area contributed by atoms with E-state index in [1.165, 1.54) is 12.8 Å². The number of phenolic OH excluding ortho intramolecular Hbond substituents is 1. The summed E-state index contributed by atoms with van der Waals surface area (Å²) < 4.78 is 0. The molecular formula is C9H9ClO. The van der Waals surface area contributed by atoms with Gasteiger partial charge in [0.25, 0.3) is 0 Å². The summed E-state index contributed by atoms with van der Waals surface area (Å²) in [6, 6.07) is 5.23. The van der Waals surface area contributed by atoms with E-state index in [2.05, 4.69) is 0 Å². The Morgan fingerprint density at radius 1 is 1.36 bits per heavy atom. The van der Waals surface area contributed by atoms with Gasteiger partial charge in [0.2, 0.25) is 0 Å². The number of hydrogen-bond acceptors (Lipinski definition) is 1. The van der Waals surface area contributed by atoms with Crippen LogP contribution in [0.25, 0.3) is 0 Å². The summed E-state index contributed by atoms with van der Waals surface area (Å²) in [7, 11) is 0. The van der Waals surface area contributed by atoms with Crippen LogP contribution in [0.5, 0.6) is 5.75 Å². The standard InChI is InChI=1S/C9H9ClO/c10-7-3-4-9(11)8(5-7)6-1-2-6/h3-6,11H,1-2H2. The van der Waals surface area contributed by atoms with Crippen molar-refractivity contribution in [2.45, 2.75) is 18.8 Å². The van der Waals surface area contributed by atoms with Crippen molar-refractivity contribution in [3.8, 4) is 5.75 Å². The summed E-state index contributed by atoms with van der Waals surface area (Å²) in [5.74, 6) is 0.950. The van der Waals surface area contributed by atoms with E-state index in [4.69, 9.17) is 11.6 Å². The van der Waals surface area contributed by atoms with Crippen molar-refractivity contribution in [3.63, 3.8) is 0 Å². The molecule has 58 valence electrons. The molecule has 1 saturated carbocycles. The molecule has 1 nitrogen and oxygen atoms in total. The van der Waals surface area contributed by atoms with Crippen LogP contribution < -0.4 is 0 Å². The highest BCUT2D eigenvalue weighted by Gasteiger charge is 2.26. The predicted molar refractivity (Wildman–Crippen MR) is 45.1 cm³/mol. The SMILES string of the molecule is Oc1ccc(Cl)cc1C1CC1. The van der Waals surface area contributed by atoms with Crippen molar-refractivity contribution < 1.29 is 5.11 Å². The molecule has 1 aromatic rings. The molecule has 0 bridgehead atoms. The average molecular weight is 169 g/mol. The molecule has 2 rings (SSSR count). The van der Waals surface area contributed by atoms with E-state index in [0.29, 0.717) is 16.7 Å². The minimum Gasteiger partial charge on any atom is -0.508 e. The lowest BCUT2D eigenvalue weighted by Crippen LogP contribution is -1.79. The first-order valence-electron chi connectivity index (χ1n) is 3.76. The molecule has 1 aromatic carbocycles. The van der Waals surface area contributed by atoms with Crippen LogP contribution in [0.1, 0.15) is 24.3 Å². The second-order valence-corrected chi connectivity index (χ2v) is 3.41. The van der Waals surface area contributed by atoms with Gasteiger partial charge in [0.15, 0.2) is 0 Å². The highest BCUT2D eigenvalue weighted by atomic mass is 35.5. The van der Waals surface area contributed by atoms with Crippen LogP contribution in [0.15, 0.2) is 18.2 Å². The van der Waals surface area contributed by atoms with Crippen LogP contribution in [0.4, 0.5) is 0 Å². The van der Waals surface area contributed by atoms with Crippen molar-refractivity contribution in [2.24, 2.45) is 0 Å². The first-order valence-corrected chi connectivity index (χ1v) is 4.13. The number of hydrogen-bond donors (Lipinski definition) is 1. The summed E-state index contributed by atoms with van der Waals surface area (Å²) in [5.41, 5.74) is 1.01. The molecule has 0 spiro atoms. The maximum absolute atomic E-state index is 9.39. The van der Waals surface area contributed by atoms with Gasteiger partial charge in [0.05, 0.1) is 0 Å². The summed E-state index contributed by atoms with van der Waals surface area (Å²) in [5, 5.41) is 10.1. The maximum atomic E-state index is 9.39. The zero-order valence-corrected chi connectivity index (χ0v) is 6.80. The lowest BCUT2D eigenvalue weighted by atomic mass is 10.1. The second kappa shape index (κ2) is 2.42. The Morgan fingerprint density at radius 3 is 2.73 bits per heavy atom. The van der Waals surface area contributed by atoms with Gasteiger partial charge in [-0.05, 0) is 42.5 Å². The lowest BCUT2D eigenvalue weighted by molar-refractivity contribution is 0.468. The first-order chi connectivity index (χ1) is 5.27. The van der Waals surface area contributed by atoms with E-state index < -0.39 is 0 Å². The van der Waals surface area contributed by atoms with Gasteiger partial charge in [-0.15, -0.1) is 0 Å². The van der Waals surface area contributed by atoms with Gasteiger partial charge in [0, 0.05) is 5.02 Å². The van der Waals surface area contributed by atoms with E-state index in [1.807, 2.05) is 6.07 Å². The van der Waals surface area contributed by atoms with Crippen LogP contribution in [0.3, 0.4) is 0 Å². The quantitative estimate of drug-likeness (QED) is 0.684. The second-order valence-electron chi connectivity index (χ2n) is 2.98. The van der Waals surface area contributed by atoms with Gasteiger partial charge >= 0.3 is 0 Å². The monoisotopic (exact) mass is 168 g/mol. The number of benzene rings is 1. The van der Waals surface area contributed by atoms with Crippen LogP contribution >= 0.6 is 11.6 Å². The molecule has 0 heterocycles. The molecule has 0 radical (unpaired) electrons. The topological polar surface area (TPSA) is 20.2 Å². The Balaban J connectivity index is 2.42. The van der Waals surface area contributed by atoms with Gasteiger partial charge in [-0.1, -0.05) is 11.6 Å². The van der Waals surface area contributed by atoms with Crippen LogP contribution in [-0.2, 0) is 0 Å². The zero-order valence-electron chi connectivity index (χ0n) is 6.05. The van der Waals surface area contributed by atoms with Gasteiger partial charge in [0.1, 0.15) is 5.75 Å². The molecule has 0 unspecified atom stereocenters. The molecule has 11 heavy (non-hydrogen) atoms. The smallest absolute Gasteiger partial charge is 0.119 e. The van der Waals surface area contributed by atoms with Crippen LogP contribution in [-0.4, -0.2) is 5.11 Å². The molecule has 2 heteroatoms. The highest BCUT2D eigenvalue weighted by molar-refractivity contribution is 6.30. The minimum atomic E-state index is 0.386. The fourth-order valence-electron chi connectivity index (χ4n) is 1.25. The van der Waals surface area contributed by atoms with Crippen LogP contribution in [0, 0.1) is 0 Å². The molecule has 0 atom stereocenters. The molecular weight excluding hydrogens is 160 g/mol. The van der Waals surface area contributed by atoms with Crippen molar-refractivity contribution in [1.82, 2.24) is 0 Å². The fraction of sp³-hybridized carbons (Fsp3) is 0.333. The van der Waals surface area contributed by atoms with Gasteiger partial charge in [-0.25, -0.2) is 0 Å². The number of aromatic hydroxyl groups is 1. The molecule has 0 saturated heterocycles. The third-order valence-corrected chi connectivity index (χ3v) is 2.24. The summed E-state index contributed by atoms with van der Waals surface area (Å²) in [6.45, 7) is 0. The zero-order chi connectivity index (χ0) is 7.84. The van der Waals surface area contributed by atoms with E-state index >= 15 is 0 Å². The van der Waals surface area contributed by atoms with Crippen molar-refractivity contribution in [1.29, 1.82) is 0 Å². The number of halogens is 1. The van der Waals surface area contributed by atoms with Gasteiger partial charge in [-0.2, -0.15) is 0 Å². The molecule has 1 fully saturated rings. The van der Waals surface area contributed by atoms with Crippen molar-refractivity contribution in [3.05, 3.63) is 28.8 Å². The Kier molecular flexibility index (Phi) is 1.53. The summed E-state index contributed by atoms with van der Waals surface area (Å²) in [6.07, 6.45) is 2.38. The van der Waals surface area contributed by atoms with E-state index in [-0.39, 0.29) is 0 Å². The number of rotatable bonds is 1. The van der Waals surface area contributed by atoms with Crippen molar-refractivity contribution in [2.75, 3.05) is 0 Å². The predicted octanol–water partition coefficient (Wildman–Crippen LogP) is 2.92. The molecule has 0 aromatic heterocycles. The number of phenols is 1. The normalized spacial score (nSPS) is 16.8. The largest absolute Gasteiger partial charge is 0.508 e. The minimum absolute atomic E-state index is 0.386. The van der Waals surface area contributed by atoms with Crippen LogP contribution in [0.2, 0.25) is 5.02 Å². The highest BCUT2D eigenvalue weighted by Crippen LogP contribution is 2.44. The molecule has 1 aliphatic carbocycles. The van der Waals surface area contributed by atoms with Gasteiger partial charge in [-0.3, -0.25) is 0 Å². The Bertz CT molecular complexity index is 279. The Labute approximate surface area is 70.6 Å². The van der Waals surface area contributed by atoms with Gasteiger partial charge < -0.3 is 5.11 Å². The Morgan fingerprint density at radius 2 is 2.09 bits per heavy atom. The summed E-state index contributed by atoms with van der Waals surface area (Å²) >= 11 is 5.78. The molecule has 1 aliphatic rings. The maximum Gasteiger partial charge on any atom is 0.119 e. The average Bonchev–Trinajstić information content (AvgIpc) is 2.76. The fourth-order valence-corrected chi connectivity index (χ4v) is 1.43. The lowest BCUT2D eigenvalue weighted by Gasteiger charge is -2.01. The third-order valence-electron chi connectivity index (χ3n) is 2.01. The Hall–Kier alpha value is -0.690. The van der Waals surface area contributed by atoms with Crippen molar-refractivity contribution >= 4 is 11.6 Å². The molecule has 1 N–H and O–H groups in total. The molecule has 0 aliphatic heterocycles. The first kappa shape index (κ1) is 6.99. The van der Waals surface area contributed by atoms with E-state index in [9.17, 15) is 5.11 Å². The van der Waals surface area contributed by atoms with E-state index in [1.54, 1.807) is 12.1 Å². The van der Waals surface area contributed by atoms with E-state index in [0.717, 1.165) is 5.56 Å². The molecule has 0 amide bonds.